The highest BCUT2D eigenvalue weighted by Crippen LogP contribution is 2.25. The highest BCUT2D eigenvalue weighted by Gasteiger charge is 2.34. The number of rotatable bonds is 7. The summed E-state index contributed by atoms with van der Waals surface area (Å²) in [7, 11) is 1.45. The zero-order chi connectivity index (χ0) is 14.3. The lowest BCUT2D eigenvalue weighted by Gasteiger charge is -2.31. The summed E-state index contributed by atoms with van der Waals surface area (Å²) in [5.41, 5.74) is -0.582. The molecule has 1 aliphatic rings. The van der Waals surface area contributed by atoms with Crippen LogP contribution in [0.3, 0.4) is 0 Å². The molecular weight excluding hydrogens is 262 g/mol. The second-order valence-electron chi connectivity index (χ2n) is 5.56. The third-order valence-electron chi connectivity index (χ3n) is 3.37. The number of esters is 1. The number of carbonyl (C=O) groups is 1. The molecule has 4 nitrogen and oxygen atoms in total. The minimum absolute atomic E-state index is 0.172. The summed E-state index contributed by atoms with van der Waals surface area (Å²) >= 11 is 1.95. The summed E-state index contributed by atoms with van der Waals surface area (Å²) in [4.78, 5) is 11.9. The summed E-state index contributed by atoms with van der Waals surface area (Å²) in [6.07, 6.45) is 3.04. The van der Waals surface area contributed by atoms with E-state index >= 15 is 0 Å². The van der Waals surface area contributed by atoms with Crippen LogP contribution in [0.2, 0.25) is 0 Å². The highest BCUT2D eigenvalue weighted by atomic mass is 32.2. The van der Waals surface area contributed by atoms with Crippen LogP contribution in [0.4, 0.5) is 0 Å². The van der Waals surface area contributed by atoms with Crippen molar-refractivity contribution in [2.45, 2.75) is 56.9 Å². The van der Waals surface area contributed by atoms with Crippen molar-refractivity contribution in [1.29, 1.82) is 0 Å². The van der Waals surface area contributed by atoms with E-state index in [1.165, 1.54) is 7.11 Å². The summed E-state index contributed by atoms with van der Waals surface area (Å²) in [5, 5.41) is 4.01. The third-order valence-corrected chi connectivity index (χ3v) is 4.75. The zero-order valence-electron chi connectivity index (χ0n) is 12.5. The SMILES string of the molecule is COC(=O)C(C)(CCSC1CCOCC1)NC(C)C. The maximum absolute atomic E-state index is 11.9. The molecule has 112 valence electrons. The van der Waals surface area contributed by atoms with Gasteiger partial charge in [0.05, 0.1) is 7.11 Å². The Morgan fingerprint density at radius 1 is 1.47 bits per heavy atom. The Labute approximate surface area is 121 Å². The lowest BCUT2D eigenvalue weighted by molar-refractivity contribution is -0.148. The van der Waals surface area contributed by atoms with E-state index in [1.807, 2.05) is 32.5 Å². The molecule has 1 N–H and O–H groups in total. The van der Waals surface area contributed by atoms with Gasteiger partial charge in [0, 0.05) is 24.5 Å². The monoisotopic (exact) mass is 289 g/mol. The van der Waals surface area contributed by atoms with E-state index in [1.54, 1.807) is 0 Å². The van der Waals surface area contributed by atoms with Gasteiger partial charge in [-0.15, -0.1) is 0 Å². The molecule has 1 heterocycles. The third kappa shape index (κ3) is 5.71. The van der Waals surface area contributed by atoms with Crippen LogP contribution in [0, 0.1) is 0 Å². The fourth-order valence-electron chi connectivity index (χ4n) is 2.37. The first-order valence-corrected chi connectivity index (χ1v) is 8.08. The van der Waals surface area contributed by atoms with E-state index < -0.39 is 5.54 Å². The molecular formula is C14H27NO3S. The second kappa shape index (κ2) is 8.12. The van der Waals surface area contributed by atoms with Crippen molar-refractivity contribution in [2.24, 2.45) is 0 Å². The minimum Gasteiger partial charge on any atom is -0.468 e. The molecule has 0 amide bonds. The molecule has 0 aromatic carbocycles. The van der Waals surface area contributed by atoms with E-state index in [4.69, 9.17) is 9.47 Å². The van der Waals surface area contributed by atoms with Crippen molar-refractivity contribution in [2.75, 3.05) is 26.1 Å². The average molecular weight is 289 g/mol. The molecule has 1 aliphatic heterocycles. The Morgan fingerprint density at radius 2 is 2.11 bits per heavy atom. The molecule has 1 atom stereocenters. The van der Waals surface area contributed by atoms with Crippen molar-refractivity contribution in [3.8, 4) is 0 Å². The Morgan fingerprint density at radius 3 is 2.63 bits per heavy atom. The van der Waals surface area contributed by atoms with Crippen LogP contribution in [-0.4, -0.2) is 48.9 Å². The molecule has 1 rings (SSSR count). The quantitative estimate of drug-likeness (QED) is 0.728. The smallest absolute Gasteiger partial charge is 0.325 e. The summed E-state index contributed by atoms with van der Waals surface area (Å²) in [5.74, 6) is 0.796. The number of methoxy groups -OCH3 is 1. The molecule has 5 heteroatoms. The van der Waals surface area contributed by atoms with E-state index in [-0.39, 0.29) is 12.0 Å². The van der Waals surface area contributed by atoms with Crippen LogP contribution in [0.5, 0.6) is 0 Å². The summed E-state index contributed by atoms with van der Waals surface area (Å²) < 4.78 is 10.3. The van der Waals surface area contributed by atoms with E-state index in [9.17, 15) is 4.79 Å². The molecule has 0 saturated carbocycles. The fourth-order valence-corrected chi connectivity index (χ4v) is 3.75. The Kier molecular flexibility index (Phi) is 7.18. The maximum Gasteiger partial charge on any atom is 0.325 e. The van der Waals surface area contributed by atoms with Gasteiger partial charge in [0.25, 0.3) is 0 Å². The van der Waals surface area contributed by atoms with Gasteiger partial charge >= 0.3 is 5.97 Å². The van der Waals surface area contributed by atoms with Crippen LogP contribution in [-0.2, 0) is 14.3 Å². The summed E-state index contributed by atoms with van der Waals surface area (Å²) in [6, 6.07) is 0.261. The van der Waals surface area contributed by atoms with Gasteiger partial charge in [0.2, 0.25) is 0 Å². The van der Waals surface area contributed by atoms with Gasteiger partial charge in [-0.3, -0.25) is 10.1 Å². The van der Waals surface area contributed by atoms with E-state index in [2.05, 4.69) is 5.32 Å². The van der Waals surface area contributed by atoms with E-state index in [0.717, 1.165) is 38.2 Å². The maximum atomic E-state index is 11.9. The zero-order valence-corrected chi connectivity index (χ0v) is 13.3. The number of carbonyl (C=O) groups excluding carboxylic acids is 1. The molecule has 0 aromatic rings. The molecule has 1 unspecified atom stereocenters. The van der Waals surface area contributed by atoms with E-state index in [0.29, 0.717) is 5.25 Å². The first-order chi connectivity index (χ1) is 8.98. The lowest BCUT2D eigenvalue weighted by atomic mass is 9.98. The van der Waals surface area contributed by atoms with Crippen LogP contribution >= 0.6 is 11.8 Å². The van der Waals surface area contributed by atoms with Gasteiger partial charge in [0.15, 0.2) is 0 Å². The van der Waals surface area contributed by atoms with Crippen molar-refractivity contribution in [3.63, 3.8) is 0 Å². The van der Waals surface area contributed by atoms with Crippen LogP contribution in [0.25, 0.3) is 0 Å². The van der Waals surface area contributed by atoms with Gasteiger partial charge in [-0.1, -0.05) is 0 Å². The first kappa shape index (κ1) is 16.8. The molecule has 0 aromatic heterocycles. The molecule has 0 radical (unpaired) electrons. The molecule has 1 fully saturated rings. The number of hydrogen-bond donors (Lipinski definition) is 1. The van der Waals surface area contributed by atoms with Crippen LogP contribution < -0.4 is 5.32 Å². The van der Waals surface area contributed by atoms with Crippen molar-refractivity contribution in [3.05, 3.63) is 0 Å². The molecule has 0 aliphatic carbocycles. The van der Waals surface area contributed by atoms with Crippen molar-refractivity contribution in [1.82, 2.24) is 5.32 Å². The fraction of sp³-hybridized carbons (Fsp3) is 0.929. The van der Waals surface area contributed by atoms with Crippen LogP contribution in [0.1, 0.15) is 40.0 Å². The number of nitrogens with one attached hydrogen (secondary N) is 1. The first-order valence-electron chi connectivity index (χ1n) is 7.03. The highest BCUT2D eigenvalue weighted by molar-refractivity contribution is 7.99. The lowest BCUT2D eigenvalue weighted by Crippen LogP contribution is -2.53. The standard InChI is InChI=1S/C14H27NO3S/c1-11(2)15-14(3,13(16)17-4)7-10-19-12-5-8-18-9-6-12/h11-12,15H,5-10H2,1-4H3. The van der Waals surface area contributed by atoms with Gasteiger partial charge in [0.1, 0.15) is 5.54 Å². The minimum atomic E-state index is -0.582. The average Bonchev–Trinajstić information content (AvgIpc) is 2.38. The Hall–Kier alpha value is -0.260. The van der Waals surface area contributed by atoms with Gasteiger partial charge in [-0.25, -0.2) is 0 Å². The number of ether oxygens (including phenoxy) is 2. The second-order valence-corrected chi connectivity index (χ2v) is 6.96. The largest absolute Gasteiger partial charge is 0.468 e. The normalized spacial score (nSPS) is 20.3. The molecule has 1 saturated heterocycles. The van der Waals surface area contributed by atoms with Gasteiger partial charge < -0.3 is 9.47 Å². The molecule has 19 heavy (non-hydrogen) atoms. The predicted octanol–water partition coefficient (Wildman–Crippen LogP) is 2.22. The number of hydrogen-bond acceptors (Lipinski definition) is 5. The van der Waals surface area contributed by atoms with Gasteiger partial charge in [-0.05, 0) is 45.8 Å². The van der Waals surface area contributed by atoms with Crippen LogP contribution in [0.15, 0.2) is 0 Å². The topological polar surface area (TPSA) is 47.6 Å². The predicted molar refractivity (Wildman–Crippen MR) is 79.6 cm³/mol. The molecule has 0 spiro atoms. The Bertz CT molecular complexity index is 280. The van der Waals surface area contributed by atoms with Gasteiger partial charge in [-0.2, -0.15) is 11.8 Å². The van der Waals surface area contributed by atoms with Crippen molar-refractivity contribution >= 4 is 17.7 Å². The summed E-state index contributed by atoms with van der Waals surface area (Å²) in [6.45, 7) is 7.77. The van der Waals surface area contributed by atoms with Crippen molar-refractivity contribution < 1.29 is 14.3 Å². The number of thioether (sulfide) groups is 1. The molecule has 0 bridgehead atoms. The Balaban J connectivity index is 2.41.